The van der Waals surface area contributed by atoms with E-state index in [1.807, 2.05) is 6.92 Å². The van der Waals surface area contributed by atoms with E-state index in [4.69, 9.17) is 0 Å². The lowest BCUT2D eigenvalue weighted by molar-refractivity contribution is 0.251. The standard InChI is InChI=1S/C14H18N4O3S/c1-3-18-10-12(9-16-18)17-14(19)15-8-11-4-6-13(7-5-11)22(2,20)21/h4-7,9-10H,3,8H2,1-2H3,(H2,15,17,19). The summed E-state index contributed by atoms with van der Waals surface area (Å²) >= 11 is 0. The number of amides is 2. The van der Waals surface area contributed by atoms with E-state index >= 15 is 0 Å². The molecule has 0 unspecified atom stereocenters. The molecule has 7 nitrogen and oxygen atoms in total. The molecule has 1 heterocycles. The molecule has 2 amide bonds. The van der Waals surface area contributed by atoms with Gasteiger partial charge in [-0.1, -0.05) is 12.1 Å². The Labute approximate surface area is 129 Å². The van der Waals surface area contributed by atoms with Gasteiger partial charge in [-0.25, -0.2) is 13.2 Å². The molecule has 22 heavy (non-hydrogen) atoms. The Morgan fingerprint density at radius 3 is 2.50 bits per heavy atom. The summed E-state index contributed by atoms with van der Waals surface area (Å²) in [6, 6.07) is 6.05. The number of anilines is 1. The van der Waals surface area contributed by atoms with E-state index in [9.17, 15) is 13.2 Å². The molecule has 1 aromatic carbocycles. The highest BCUT2D eigenvalue weighted by molar-refractivity contribution is 7.90. The van der Waals surface area contributed by atoms with Gasteiger partial charge in [0, 0.05) is 25.5 Å². The molecule has 2 aromatic rings. The van der Waals surface area contributed by atoms with Gasteiger partial charge in [-0.05, 0) is 24.6 Å². The first-order valence-electron chi connectivity index (χ1n) is 6.75. The Hall–Kier alpha value is -2.35. The topological polar surface area (TPSA) is 93.1 Å². The Bertz CT molecular complexity index is 751. The second-order valence-electron chi connectivity index (χ2n) is 4.81. The molecule has 0 aliphatic rings. The Kier molecular flexibility index (Phi) is 4.81. The Morgan fingerprint density at radius 1 is 1.27 bits per heavy atom. The van der Waals surface area contributed by atoms with Crippen LogP contribution in [-0.2, 0) is 22.9 Å². The highest BCUT2D eigenvalue weighted by Gasteiger charge is 2.07. The zero-order chi connectivity index (χ0) is 16.2. The minimum absolute atomic E-state index is 0.257. The van der Waals surface area contributed by atoms with Gasteiger partial charge in [-0.15, -0.1) is 0 Å². The SMILES string of the molecule is CCn1cc(NC(=O)NCc2ccc(S(C)(=O)=O)cc2)cn1. The fraction of sp³-hybridized carbons (Fsp3) is 0.286. The molecule has 0 bridgehead atoms. The first-order chi connectivity index (χ1) is 10.4. The van der Waals surface area contributed by atoms with E-state index in [0.717, 1.165) is 18.4 Å². The first kappa shape index (κ1) is 16.0. The molecule has 8 heteroatoms. The third-order valence-corrected chi connectivity index (χ3v) is 4.15. The summed E-state index contributed by atoms with van der Waals surface area (Å²) in [6.07, 6.45) is 4.47. The van der Waals surface area contributed by atoms with E-state index in [0.29, 0.717) is 12.2 Å². The van der Waals surface area contributed by atoms with Crippen LogP contribution < -0.4 is 10.6 Å². The molecule has 0 aliphatic carbocycles. The summed E-state index contributed by atoms with van der Waals surface area (Å²) in [4.78, 5) is 12.0. The second-order valence-corrected chi connectivity index (χ2v) is 6.82. The van der Waals surface area contributed by atoms with Crippen LogP contribution in [0.25, 0.3) is 0 Å². The van der Waals surface area contributed by atoms with Crippen molar-refractivity contribution in [2.45, 2.75) is 24.9 Å². The number of urea groups is 1. The van der Waals surface area contributed by atoms with Crippen molar-refractivity contribution in [1.82, 2.24) is 15.1 Å². The number of aryl methyl sites for hydroxylation is 1. The van der Waals surface area contributed by atoms with Crippen LogP contribution >= 0.6 is 0 Å². The number of aromatic nitrogens is 2. The minimum Gasteiger partial charge on any atom is -0.334 e. The average Bonchev–Trinajstić information content (AvgIpc) is 2.92. The van der Waals surface area contributed by atoms with Gasteiger partial charge in [0.1, 0.15) is 0 Å². The maximum absolute atomic E-state index is 11.8. The van der Waals surface area contributed by atoms with E-state index in [1.165, 1.54) is 12.1 Å². The van der Waals surface area contributed by atoms with E-state index < -0.39 is 9.84 Å². The van der Waals surface area contributed by atoms with E-state index in [1.54, 1.807) is 29.2 Å². The predicted molar refractivity (Wildman–Crippen MR) is 83.3 cm³/mol. The first-order valence-corrected chi connectivity index (χ1v) is 8.64. The Morgan fingerprint density at radius 2 is 1.95 bits per heavy atom. The zero-order valence-electron chi connectivity index (χ0n) is 12.4. The molecule has 0 aliphatic heterocycles. The molecule has 118 valence electrons. The fourth-order valence-electron chi connectivity index (χ4n) is 1.81. The van der Waals surface area contributed by atoms with Crippen molar-refractivity contribution >= 4 is 21.6 Å². The van der Waals surface area contributed by atoms with Gasteiger partial charge >= 0.3 is 6.03 Å². The van der Waals surface area contributed by atoms with Crippen molar-refractivity contribution in [3.05, 3.63) is 42.2 Å². The number of sulfone groups is 1. The number of nitrogens with one attached hydrogen (secondary N) is 2. The maximum Gasteiger partial charge on any atom is 0.319 e. The molecule has 0 atom stereocenters. The lowest BCUT2D eigenvalue weighted by atomic mass is 10.2. The molecule has 0 fully saturated rings. The molecule has 2 rings (SSSR count). The normalized spacial score (nSPS) is 11.2. The maximum atomic E-state index is 11.8. The number of rotatable bonds is 5. The minimum atomic E-state index is -3.20. The molecule has 0 radical (unpaired) electrons. The van der Waals surface area contributed by atoms with Gasteiger partial charge in [-0.3, -0.25) is 4.68 Å². The number of hydrogen-bond acceptors (Lipinski definition) is 4. The molecule has 2 N–H and O–H groups in total. The second kappa shape index (κ2) is 6.61. The van der Waals surface area contributed by atoms with E-state index in [2.05, 4.69) is 15.7 Å². The average molecular weight is 322 g/mol. The van der Waals surface area contributed by atoms with Gasteiger partial charge in [-0.2, -0.15) is 5.10 Å². The molecular formula is C14H18N4O3S. The summed E-state index contributed by atoms with van der Waals surface area (Å²) in [5.74, 6) is 0. The lowest BCUT2D eigenvalue weighted by Gasteiger charge is -2.06. The van der Waals surface area contributed by atoms with Crippen LogP contribution in [0.3, 0.4) is 0 Å². The summed E-state index contributed by atoms with van der Waals surface area (Å²) in [5, 5.41) is 9.43. The van der Waals surface area contributed by atoms with Crippen LogP contribution in [0, 0.1) is 0 Å². The highest BCUT2D eigenvalue weighted by atomic mass is 32.2. The molecule has 1 aromatic heterocycles. The van der Waals surface area contributed by atoms with Gasteiger partial charge in [0.05, 0.1) is 16.8 Å². The van der Waals surface area contributed by atoms with Crippen molar-refractivity contribution in [3.63, 3.8) is 0 Å². The molecular weight excluding hydrogens is 304 g/mol. The van der Waals surface area contributed by atoms with Gasteiger partial charge < -0.3 is 10.6 Å². The lowest BCUT2D eigenvalue weighted by Crippen LogP contribution is -2.28. The van der Waals surface area contributed by atoms with Gasteiger partial charge in [0.25, 0.3) is 0 Å². The van der Waals surface area contributed by atoms with Crippen molar-refractivity contribution in [2.75, 3.05) is 11.6 Å². The van der Waals surface area contributed by atoms with Crippen LogP contribution in [-0.4, -0.2) is 30.5 Å². The van der Waals surface area contributed by atoms with Crippen LogP contribution in [0.2, 0.25) is 0 Å². The van der Waals surface area contributed by atoms with Crippen LogP contribution in [0.15, 0.2) is 41.6 Å². The number of hydrogen-bond donors (Lipinski definition) is 2. The summed E-state index contributed by atoms with van der Waals surface area (Å²) in [5.41, 5.74) is 1.43. The van der Waals surface area contributed by atoms with Crippen molar-refractivity contribution in [2.24, 2.45) is 0 Å². The molecule has 0 saturated carbocycles. The van der Waals surface area contributed by atoms with Crippen molar-refractivity contribution in [3.8, 4) is 0 Å². The smallest absolute Gasteiger partial charge is 0.319 e. The van der Waals surface area contributed by atoms with E-state index in [-0.39, 0.29) is 10.9 Å². The monoisotopic (exact) mass is 322 g/mol. The molecule has 0 saturated heterocycles. The largest absolute Gasteiger partial charge is 0.334 e. The summed E-state index contributed by atoms with van der Waals surface area (Å²) in [7, 11) is -3.20. The van der Waals surface area contributed by atoms with Crippen LogP contribution in [0.1, 0.15) is 12.5 Å². The fourth-order valence-corrected chi connectivity index (χ4v) is 2.44. The number of carbonyl (C=O) groups excluding carboxylic acids is 1. The summed E-state index contributed by atoms with van der Waals surface area (Å²) in [6.45, 7) is 2.99. The van der Waals surface area contributed by atoms with Crippen molar-refractivity contribution < 1.29 is 13.2 Å². The van der Waals surface area contributed by atoms with Crippen molar-refractivity contribution in [1.29, 1.82) is 0 Å². The third kappa shape index (κ3) is 4.32. The van der Waals surface area contributed by atoms with Crippen LogP contribution in [0.5, 0.6) is 0 Å². The third-order valence-electron chi connectivity index (χ3n) is 3.02. The number of carbonyl (C=O) groups is 1. The van der Waals surface area contributed by atoms with Gasteiger partial charge in [0.2, 0.25) is 0 Å². The Balaban J connectivity index is 1.88. The quantitative estimate of drug-likeness (QED) is 0.875. The van der Waals surface area contributed by atoms with Crippen LogP contribution in [0.4, 0.5) is 10.5 Å². The summed E-state index contributed by atoms with van der Waals surface area (Å²) < 4.78 is 24.4. The van der Waals surface area contributed by atoms with Gasteiger partial charge in [0.15, 0.2) is 9.84 Å². The molecule has 0 spiro atoms. The highest BCUT2D eigenvalue weighted by Crippen LogP contribution is 2.10. The number of benzene rings is 1. The number of nitrogens with zero attached hydrogens (tertiary/aromatic N) is 2. The predicted octanol–water partition coefficient (Wildman–Crippen LogP) is 1.63. The zero-order valence-corrected chi connectivity index (χ0v) is 13.2.